The van der Waals surface area contributed by atoms with Crippen molar-refractivity contribution in [2.45, 2.75) is 18.3 Å². The molecule has 1 aromatic heterocycles. The molecule has 1 heterocycles. The van der Waals surface area contributed by atoms with Gasteiger partial charge in [-0.2, -0.15) is 0 Å². The number of aryl methyl sites for hydroxylation is 1. The van der Waals surface area contributed by atoms with Crippen LogP contribution in [0.15, 0.2) is 24.4 Å². The topological polar surface area (TPSA) is 25.2 Å². The quantitative estimate of drug-likeness (QED) is 0.851. The molecule has 0 bridgehead atoms. The molecule has 0 saturated heterocycles. The molecule has 0 aliphatic heterocycles. The lowest BCUT2D eigenvalue weighted by atomic mass is 9.96. The van der Waals surface area contributed by atoms with Gasteiger partial charge in [0, 0.05) is 29.6 Å². The third kappa shape index (κ3) is 1.23. The van der Waals surface area contributed by atoms with Crippen molar-refractivity contribution in [3.05, 3.63) is 35.0 Å². The fourth-order valence-corrected chi connectivity index (χ4v) is 2.74. The molecule has 0 spiro atoms. The van der Waals surface area contributed by atoms with E-state index in [4.69, 9.17) is 11.6 Å². The summed E-state index contributed by atoms with van der Waals surface area (Å²) in [6, 6.07) is 5.95. The number of aromatic nitrogens is 1. The molecule has 0 unspecified atom stereocenters. The second-order valence-corrected chi connectivity index (χ2v) is 5.13. The first-order chi connectivity index (χ1) is 7.68. The minimum absolute atomic E-state index is 0.0233. The molecule has 3 heteroatoms. The van der Waals surface area contributed by atoms with Crippen LogP contribution in [0.1, 0.15) is 18.4 Å². The van der Waals surface area contributed by atoms with Crippen molar-refractivity contribution in [2.75, 3.05) is 6.61 Å². The molecule has 84 valence electrons. The lowest BCUT2D eigenvalue weighted by Crippen LogP contribution is -2.11. The van der Waals surface area contributed by atoms with Gasteiger partial charge in [-0.25, -0.2) is 0 Å². The van der Waals surface area contributed by atoms with E-state index in [1.807, 2.05) is 19.2 Å². The zero-order valence-corrected chi connectivity index (χ0v) is 9.96. The number of benzene rings is 1. The number of rotatable bonds is 2. The Kier molecular flexibility index (Phi) is 2.07. The van der Waals surface area contributed by atoms with E-state index >= 15 is 0 Å². The average Bonchev–Trinajstić information content (AvgIpc) is 3.00. The van der Waals surface area contributed by atoms with Crippen molar-refractivity contribution in [3.8, 4) is 0 Å². The first kappa shape index (κ1) is 10.2. The summed E-state index contributed by atoms with van der Waals surface area (Å²) in [4.78, 5) is 0. The fraction of sp³-hybridized carbons (Fsp3) is 0.385. The van der Waals surface area contributed by atoms with Gasteiger partial charge in [-0.3, -0.25) is 0 Å². The van der Waals surface area contributed by atoms with Crippen molar-refractivity contribution in [1.29, 1.82) is 0 Å². The maximum atomic E-state index is 9.52. The van der Waals surface area contributed by atoms with E-state index in [-0.39, 0.29) is 12.0 Å². The van der Waals surface area contributed by atoms with Gasteiger partial charge in [0.25, 0.3) is 0 Å². The van der Waals surface area contributed by atoms with Crippen LogP contribution in [-0.4, -0.2) is 16.3 Å². The summed E-state index contributed by atoms with van der Waals surface area (Å²) in [7, 11) is 2.02. The highest BCUT2D eigenvalue weighted by atomic mass is 35.5. The first-order valence-electron chi connectivity index (χ1n) is 5.53. The summed E-state index contributed by atoms with van der Waals surface area (Å²) in [6.07, 6.45) is 4.24. The van der Waals surface area contributed by atoms with Gasteiger partial charge in [0.05, 0.1) is 11.6 Å². The summed E-state index contributed by atoms with van der Waals surface area (Å²) in [6.45, 7) is 0.220. The molecule has 0 amide bonds. The molecule has 0 atom stereocenters. The molecule has 0 radical (unpaired) electrons. The Morgan fingerprint density at radius 3 is 2.81 bits per heavy atom. The van der Waals surface area contributed by atoms with E-state index in [1.165, 1.54) is 5.56 Å². The molecule has 1 saturated carbocycles. The van der Waals surface area contributed by atoms with Gasteiger partial charge in [-0.1, -0.05) is 17.7 Å². The minimum atomic E-state index is -0.0233. The SMILES string of the molecule is Cn1cc(C2(CO)CC2)c2c(Cl)cccc21. The van der Waals surface area contributed by atoms with E-state index in [9.17, 15) is 5.11 Å². The molecule has 2 aromatic rings. The van der Waals surface area contributed by atoms with Gasteiger partial charge in [-0.05, 0) is 30.5 Å². The van der Waals surface area contributed by atoms with Crippen LogP contribution < -0.4 is 0 Å². The Bertz CT molecular complexity index is 554. The Labute approximate surface area is 99.4 Å². The predicted octanol–water partition coefficient (Wildman–Crippen LogP) is 2.86. The highest BCUT2D eigenvalue weighted by Gasteiger charge is 2.45. The number of aliphatic hydroxyl groups is 1. The number of nitrogens with zero attached hydrogens (tertiary/aromatic N) is 1. The Hall–Kier alpha value is -0.990. The maximum Gasteiger partial charge on any atom is 0.0528 e. The van der Waals surface area contributed by atoms with E-state index in [0.717, 1.165) is 28.8 Å². The molecular formula is C13H14ClNO. The predicted molar refractivity (Wildman–Crippen MR) is 65.9 cm³/mol. The van der Waals surface area contributed by atoms with Crippen LogP contribution in [0.4, 0.5) is 0 Å². The lowest BCUT2D eigenvalue weighted by molar-refractivity contribution is 0.255. The largest absolute Gasteiger partial charge is 0.395 e. The average molecular weight is 236 g/mol. The van der Waals surface area contributed by atoms with E-state index < -0.39 is 0 Å². The van der Waals surface area contributed by atoms with E-state index in [1.54, 1.807) is 0 Å². The third-order valence-corrected chi connectivity index (χ3v) is 4.01. The van der Waals surface area contributed by atoms with E-state index in [0.29, 0.717) is 0 Å². The number of aliphatic hydroxyl groups excluding tert-OH is 1. The summed E-state index contributed by atoms with van der Waals surface area (Å²) in [5.41, 5.74) is 2.32. The summed E-state index contributed by atoms with van der Waals surface area (Å²) in [5.74, 6) is 0. The Balaban J connectivity index is 2.33. The standard InChI is InChI=1S/C13H14ClNO/c1-15-7-9(13(8-16)5-6-13)12-10(14)3-2-4-11(12)15/h2-4,7,16H,5-6,8H2,1H3. The van der Waals surface area contributed by atoms with Crippen LogP contribution in [0.25, 0.3) is 10.9 Å². The van der Waals surface area contributed by atoms with Gasteiger partial charge in [0.2, 0.25) is 0 Å². The van der Waals surface area contributed by atoms with Crippen molar-refractivity contribution in [1.82, 2.24) is 4.57 Å². The van der Waals surface area contributed by atoms with Gasteiger partial charge in [0.1, 0.15) is 0 Å². The Morgan fingerprint density at radius 1 is 1.44 bits per heavy atom. The molecule has 3 rings (SSSR count). The monoisotopic (exact) mass is 235 g/mol. The number of halogens is 1. The molecule has 1 aliphatic carbocycles. The fourth-order valence-electron chi connectivity index (χ4n) is 2.47. The molecule has 16 heavy (non-hydrogen) atoms. The smallest absolute Gasteiger partial charge is 0.0528 e. The van der Waals surface area contributed by atoms with Gasteiger partial charge in [0.15, 0.2) is 0 Å². The van der Waals surface area contributed by atoms with Crippen molar-refractivity contribution < 1.29 is 5.11 Å². The lowest BCUT2D eigenvalue weighted by Gasteiger charge is -2.10. The molecule has 1 N–H and O–H groups in total. The maximum absolute atomic E-state index is 9.52. The Morgan fingerprint density at radius 2 is 2.19 bits per heavy atom. The molecule has 2 nitrogen and oxygen atoms in total. The highest BCUT2D eigenvalue weighted by Crippen LogP contribution is 2.51. The summed E-state index contributed by atoms with van der Waals surface area (Å²) >= 11 is 6.27. The van der Waals surface area contributed by atoms with Gasteiger partial charge >= 0.3 is 0 Å². The zero-order chi connectivity index (χ0) is 11.3. The second-order valence-electron chi connectivity index (χ2n) is 4.73. The summed E-state index contributed by atoms with van der Waals surface area (Å²) < 4.78 is 2.09. The van der Waals surface area contributed by atoms with Crippen LogP contribution in [0.3, 0.4) is 0 Å². The van der Waals surface area contributed by atoms with Gasteiger partial charge < -0.3 is 9.67 Å². The van der Waals surface area contributed by atoms with Crippen molar-refractivity contribution in [2.24, 2.45) is 7.05 Å². The second kappa shape index (κ2) is 3.25. The van der Waals surface area contributed by atoms with Crippen LogP contribution in [-0.2, 0) is 12.5 Å². The normalized spacial score (nSPS) is 17.9. The number of hydrogen-bond acceptors (Lipinski definition) is 1. The number of fused-ring (bicyclic) bond motifs is 1. The first-order valence-corrected chi connectivity index (χ1v) is 5.91. The molecular weight excluding hydrogens is 222 g/mol. The molecule has 1 aliphatic rings. The summed E-state index contributed by atoms with van der Waals surface area (Å²) in [5, 5.41) is 11.4. The highest BCUT2D eigenvalue weighted by molar-refractivity contribution is 6.35. The van der Waals surface area contributed by atoms with Crippen LogP contribution in [0.2, 0.25) is 5.02 Å². The third-order valence-electron chi connectivity index (χ3n) is 3.69. The van der Waals surface area contributed by atoms with Crippen LogP contribution in [0.5, 0.6) is 0 Å². The minimum Gasteiger partial charge on any atom is -0.395 e. The van der Waals surface area contributed by atoms with Crippen molar-refractivity contribution in [3.63, 3.8) is 0 Å². The van der Waals surface area contributed by atoms with Crippen LogP contribution >= 0.6 is 11.6 Å². The number of hydrogen-bond donors (Lipinski definition) is 1. The van der Waals surface area contributed by atoms with E-state index in [2.05, 4.69) is 16.8 Å². The van der Waals surface area contributed by atoms with Crippen LogP contribution in [0, 0.1) is 0 Å². The molecule has 1 aromatic carbocycles. The van der Waals surface area contributed by atoms with Gasteiger partial charge in [-0.15, -0.1) is 0 Å². The van der Waals surface area contributed by atoms with Crippen molar-refractivity contribution >= 4 is 22.5 Å². The zero-order valence-electron chi connectivity index (χ0n) is 9.20. The molecule has 1 fully saturated rings.